The SMILES string of the molecule is COc1cc2nc(N(C)CC3(c4ccccc4OC)CCN(Cc4ccccc4)CC3)nc(N)c2cc1OC. The minimum absolute atomic E-state index is 0.140. The van der Waals surface area contributed by atoms with Gasteiger partial charge in [0.1, 0.15) is 11.6 Å². The molecule has 0 atom stereocenters. The molecule has 1 aromatic heterocycles. The second-order valence-corrected chi connectivity index (χ2v) is 10.2. The summed E-state index contributed by atoms with van der Waals surface area (Å²) in [4.78, 5) is 14.2. The van der Waals surface area contributed by atoms with Crippen molar-refractivity contribution in [3.63, 3.8) is 0 Å². The number of nitrogen functional groups attached to an aromatic ring is 1. The number of anilines is 2. The third kappa shape index (κ3) is 5.43. The van der Waals surface area contributed by atoms with E-state index in [9.17, 15) is 0 Å². The quantitative estimate of drug-likeness (QED) is 0.329. The van der Waals surface area contributed by atoms with Gasteiger partial charge in [0.15, 0.2) is 11.5 Å². The van der Waals surface area contributed by atoms with Crippen LogP contribution in [-0.2, 0) is 12.0 Å². The Kier molecular flexibility index (Phi) is 7.74. The second-order valence-electron chi connectivity index (χ2n) is 10.2. The van der Waals surface area contributed by atoms with Gasteiger partial charge >= 0.3 is 0 Å². The molecule has 1 aliphatic heterocycles. The number of rotatable bonds is 9. The smallest absolute Gasteiger partial charge is 0.227 e. The summed E-state index contributed by atoms with van der Waals surface area (Å²) < 4.78 is 16.8. The molecule has 8 nitrogen and oxygen atoms in total. The largest absolute Gasteiger partial charge is 0.496 e. The number of methoxy groups -OCH3 is 3. The van der Waals surface area contributed by atoms with Crippen LogP contribution in [0.3, 0.4) is 0 Å². The number of ether oxygens (including phenoxy) is 3. The van der Waals surface area contributed by atoms with E-state index in [-0.39, 0.29) is 5.41 Å². The van der Waals surface area contributed by atoms with Crippen LogP contribution >= 0.6 is 0 Å². The van der Waals surface area contributed by atoms with Crippen molar-refractivity contribution in [1.29, 1.82) is 0 Å². The Morgan fingerprint density at radius 3 is 2.18 bits per heavy atom. The molecule has 0 aliphatic carbocycles. The third-order valence-corrected chi connectivity index (χ3v) is 7.84. The predicted molar refractivity (Wildman–Crippen MR) is 156 cm³/mol. The number of nitrogens with two attached hydrogens (primary N) is 1. The molecule has 3 aromatic carbocycles. The zero-order valence-electron chi connectivity index (χ0n) is 23.2. The van der Waals surface area contributed by atoms with Crippen molar-refractivity contribution >= 4 is 22.7 Å². The Bertz CT molecular complexity index is 1420. The van der Waals surface area contributed by atoms with Crippen molar-refractivity contribution < 1.29 is 14.2 Å². The first-order valence-corrected chi connectivity index (χ1v) is 13.3. The molecule has 2 heterocycles. The molecule has 8 heteroatoms. The molecule has 4 aromatic rings. The van der Waals surface area contributed by atoms with Gasteiger partial charge in [-0.1, -0.05) is 48.5 Å². The third-order valence-electron chi connectivity index (χ3n) is 7.84. The molecule has 1 aliphatic rings. The molecule has 1 saturated heterocycles. The number of fused-ring (bicyclic) bond motifs is 1. The fourth-order valence-electron chi connectivity index (χ4n) is 5.74. The van der Waals surface area contributed by atoms with Gasteiger partial charge in [0.05, 0.1) is 26.8 Å². The highest BCUT2D eigenvalue weighted by molar-refractivity contribution is 5.91. The Balaban J connectivity index is 1.45. The van der Waals surface area contributed by atoms with Crippen LogP contribution in [0.1, 0.15) is 24.0 Å². The average Bonchev–Trinajstić information content (AvgIpc) is 2.98. The van der Waals surface area contributed by atoms with Crippen LogP contribution in [0.15, 0.2) is 66.7 Å². The topological polar surface area (TPSA) is 86.0 Å². The van der Waals surface area contributed by atoms with E-state index in [1.165, 1.54) is 11.1 Å². The van der Waals surface area contributed by atoms with Gasteiger partial charge in [0, 0.05) is 42.6 Å². The lowest BCUT2D eigenvalue weighted by molar-refractivity contribution is 0.153. The fourth-order valence-corrected chi connectivity index (χ4v) is 5.74. The van der Waals surface area contributed by atoms with Gasteiger partial charge < -0.3 is 24.8 Å². The van der Waals surface area contributed by atoms with Crippen LogP contribution in [-0.4, -0.2) is 62.9 Å². The van der Waals surface area contributed by atoms with E-state index in [2.05, 4.69) is 58.3 Å². The van der Waals surface area contributed by atoms with Gasteiger partial charge in [-0.05, 0) is 43.6 Å². The van der Waals surface area contributed by atoms with Crippen molar-refractivity contribution in [2.75, 3.05) is 58.6 Å². The van der Waals surface area contributed by atoms with Crippen LogP contribution in [0.4, 0.5) is 11.8 Å². The van der Waals surface area contributed by atoms with Gasteiger partial charge in [-0.15, -0.1) is 0 Å². The molecule has 0 bridgehead atoms. The zero-order valence-corrected chi connectivity index (χ0v) is 23.2. The van der Waals surface area contributed by atoms with E-state index < -0.39 is 0 Å². The molecule has 0 amide bonds. The van der Waals surface area contributed by atoms with Gasteiger partial charge in [-0.3, -0.25) is 4.90 Å². The first kappa shape index (κ1) is 26.6. The number of piperidine rings is 1. The number of para-hydroxylation sites is 1. The van der Waals surface area contributed by atoms with E-state index in [1.807, 2.05) is 25.2 Å². The number of hydrogen-bond donors (Lipinski definition) is 1. The van der Waals surface area contributed by atoms with E-state index >= 15 is 0 Å². The summed E-state index contributed by atoms with van der Waals surface area (Å²) in [6.45, 7) is 3.65. The van der Waals surface area contributed by atoms with E-state index in [4.69, 9.17) is 29.9 Å². The molecule has 5 rings (SSSR count). The summed E-state index contributed by atoms with van der Waals surface area (Å²) >= 11 is 0. The fraction of sp³-hybridized carbons (Fsp3) is 0.355. The lowest BCUT2D eigenvalue weighted by Crippen LogP contribution is -2.48. The molecular formula is C31H37N5O3. The van der Waals surface area contributed by atoms with Gasteiger partial charge in [-0.2, -0.15) is 4.98 Å². The maximum Gasteiger partial charge on any atom is 0.227 e. The summed E-state index contributed by atoms with van der Waals surface area (Å²) in [5, 5.41) is 0.735. The average molecular weight is 528 g/mol. The van der Waals surface area contributed by atoms with Gasteiger partial charge in [0.2, 0.25) is 5.95 Å². The molecule has 0 unspecified atom stereocenters. The zero-order chi connectivity index (χ0) is 27.4. The molecular weight excluding hydrogens is 490 g/mol. The number of benzene rings is 3. The number of likely N-dealkylation sites (tertiary alicyclic amines) is 1. The Morgan fingerprint density at radius 1 is 0.846 bits per heavy atom. The Labute approximate surface area is 230 Å². The summed E-state index contributed by atoms with van der Waals surface area (Å²) in [5.41, 5.74) is 9.56. The monoisotopic (exact) mass is 527 g/mol. The van der Waals surface area contributed by atoms with Crippen LogP contribution in [0.2, 0.25) is 0 Å². The number of likely N-dealkylation sites (N-methyl/N-ethyl adjacent to an activating group) is 1. The minimum Gasteiger partial charge on any atom is -0.496 e. The molecule has 0 spiro atoms. The molecule has 0 radical (unpaired) electrons. The van der Waals surface area contributed by atoms with Crippen molar-refractivity contribution in [3.8, 4) is 17.2 Å². The maximum atomic E-state index is 6.42. The predicted octanol–water partition coefficient (Wildman–Crippen LogP) is 4.91. The highest BCUT2D eigenvalue weighted by Crippen LogP contribution is 2.42. The van der Waals surface area contributed by atoms with Crippen molar-refractivity contribution in [2.24, 2.45) is 0 Å². The van der Waals surface area contributed by atoms with Crippen LogP contribution < -0.4 is 24.8 Å². The van der Waals surface area contributed by atoms with Gasteiger partial charge in [0.25, 0.3) is 0 Å². The standard InChI is InChI=1S/C31H37N5O3/c1-35(30-33-25-19-28(39-4)27(38-3)18-23(25)29(32)34-30)21-31(24-12-8-9-13-26(24)37-2)14-16-36(17-15-31)20-22-10-6-5-7-11-22/h5-13,18-19H,14-17,20-21H2,1-4H3,(H2,32,33,34). The molecule has 2 N–H and O–H groups in total. The molecule has 0 saturated carbocycles. The highest BCUT2D eigenvalue weighted by Gasteiger charge is 2.39. The summed E-state index contributed by atoms with van der Waals surface area (Å²) in [6, 6.07) is 22.7. The van der Waals surface area contributed by atoms with Crippen LogP contribution in [0, 0.1) is 0 Å². The van der Waals surface area contributed by atoms with E-state index in [0.29, 0.717) is 28.8 Å². The normalized spacial score (nSPS) is 15.2. The molecule has 1 fully saturated rings. The lowest BCUT2D eigenvalue weighted by Gasteiger charge is -2.44. The summed E-state index contributed by atoms with van der Waals surface area (Å²) in [7, 11) is 7.00. The number of aromatic nitrogens is 2. The first-order chi connectivity index (χ1) is 19.0. The summed E-state index contributed by atoms with van der Waals surface area (Å²) in [5.74, 6) is 3.10. The van der Waals surface area contributed by atoms with Crippen LogP contribution in [0.25, 0.3) is 10.9 Å². The van der Waals surface area contributed by atoms with Crippen molar-refractivity contribution in [2.45, 2.75) is 24.8 Å². The highest BCUT2D eigenvalue weighted by atomic mass is 16.5. The van der Waals surface area contributed by atoms with Crippen molar-refractivity contribution in [3.05, 3.63) is 77.9 Å². The Hall–Kier alpha value is -4.04. The second kappa shape index (κ2) is 11.4. The lowest BCUT2D eigenvalue weighted by atomic mass is 9.72. The molecule has 39 heavy (non-hydrogen) atoms. The Morgan fingerprint density at radius 2 is 1.49 bits per heavy atom. The maximum absolute atomic E-state index is 6.42. The molecule has 204 valence electrons. The summed E-state index contributed by atoms with van der Waals surface area (Å²) in [6.07, 6.45) is 1.97. The van der Waals surface area contributed by atoms with Gasteiger partial charge in [-0.25, -0.2) is 4.98 Å². The van der Waals surface area contributed by atoms with Crippen molar-refractivity contribution in [1.82, 2.24) is 14.9 Å². The number of nitrogens with zero attached hydrogens (tertiary/aromatic N) is 4. The minimum atomic E-state index is -0.140. The van der Waals surface area contributed by atoms with Crippen LogP contribution in [0.5, 0.6) is 17.2 Å². The first-order valence-electron chi connectivity index (χ1n) is 13.3. The van der Waals surface area contributed by atoms with E-state index in [0.717, 1.165) is 50.2 Å². The number of hydrogen-bond acceptors (Lipinski definition) is 8. The van der Waals surface area contributed by atoms with E-state index in [1.54, 1.807) is 21.3 Å².